The van der Waals surface area contributed by atoms with Crippen LogP contribution in [-0.4, -0.2) is 15.9 Å². The minimum absolute atomic E-state index is 0.0587. The number of aromatic nitrogens is 1. The molecule has 2 atom stereocenters. The quantitative estimate of drug-likeness (QED) is 0.651. The number of halogens is 1. The highest BCUT2D eigenvalue weighted by Crippen LogP contribution is 2.30. The van der Waals surface area contributed by atoms with Gasteiger partial charge >= 0.3 is 0 Å². The van der Waals surface area contributed by atoms with Gasteiger partial charge in [0.1, 0.15) is 5.69 Å². The van der Waals surface area contributed by atoms with Gasteiger partial charge in [-0.25, -0.2) is 0 Å². The summed E-state index contributed by atoms with van der Waals surface area (Å²) in [6.45, 7) is 3.74. The summed E-state index contributed by atoms with van der Waals surface area (Å²) in [5.74, 6) is -0.127. The zero-order valence-corrected chi connectivity index (χ0v) is 9.94. The van der Waals surface area contributed by atoms with Gasteiger partial charge in [0.05, 0.1) is 9.95 Å². The minimum Gasteiger partial charge on any atom is -0.327 e. The topological polar surface area (TPSA) is 82.0 Å². The lowest BCUT2D eigenvalue weighted by molar-refractivity contribution is -0.386. The second kappa shape index (κ2) is 5.23. The summed E-state index contributed by atoms with van der Waals surface area (Å²) >= 11 is 5.69. The Morgan fingerprint density at radius 1 is 1.69 bits per heavy atom. The number of hydrogen-bond acceptors (Lipinski definition) is 4. The predicted molar refractivity (Wildman–Crippen MR) is 62.6 cm³/mol. The largest absolute Gasteiger partial charge is 0.327 e. The first-order valence-electron chi connectivity index (χ1n) is 5.02. The molecule has 2 N–H and O–H groups in total. The van der Waals surface area contributed by atoms with Gasteiger partial charge in [0.2, 0.25) is 0 Å². The van der Waals surface area contributed by atoms with Crippen LogP contribution >= 0.6 is 11.6 Å². The highest BCUT2D eigenvalue weighted by Gasteiger charge is 2.25. The van der Waals surface area contributed by atoms with Crippen molar-refractivity contribution in [2.45, 2.75) is 32.2 Å². The maximum absolute atomic E-state index is 10.9. The predicted octanol–water partition coefficient (Wildman–Crippen LogP) is 2.48. The van der Waals surface area contributed by atoms with Crippen LogP contribution in [0.3, 0.4) is 0 Å². The van der Waals surface area contributed by atoms with E-state index in [9.17, 15) is 10.1 Å². The van der Waals surface area contributed by atoms with Crippen molar-refractivity contribution in [3.05, 3.63) is 33.1 Å². The second-order valence-electron chi connectivity index (χ2n) is 3.69. The maximum Gasteiger partial charge on any atom is 0.292 e. The molecule has 0 aliphatic heterocycles. The molecule has 0 saturated carbocycles. The number of nitrogens with two attached hydrogens (primary N) is 1. The van der Waals surface area contributed by atoms with Crippen molar-refractivity contribution in [3.8, 4) is 0 Å². The van der Waals surface area contributed by atoms with Crippen molar-refractivity contribution in [2.24, 2.45) is 5.73 Å². The lowest BCUT2D eigenvalue weighted by atomic mass is 9.93. The second-order valence-corrected chi connectivity index (χ2v) is 4.13. The number of rotatable bonds is 4. The van der Waals surface area contributed by atoms with Gasteiger partial charge in [0.25, 0.3) is 5.69 Å². The first-order valence-corrected chi connectivity index (χ1v) is 5.40. The van der Waals surface area contributed by atoms with E-state index < -0.39 is 4.92 Å². The molecule has 0 aliphatic rings. The summed E-state index contributed by atoms with van der Waals surface area (Å²) in [6, 6.07) is 1.13. The fraction of sp³-hybridized carbons (Fsp3) is 0.500. The molecule has 0 fully saturated rings. The summed E-state index contributed by atoms with van der Waals surface area (Å²) in [5, 5.41) is 11.1. The Kier molecular flexibility index (Phi) is 4.20. The Balaban J connectivity index is 3.26. The van der Waals surface area contributed by atoms with Crippen molar-refractivity contribution in [1.29, 1.82) is 0 Å². The van der Waals surface area contributed by atoms with E-state index in [0.29, 0.717) is 12.1 Å². The Bertz CT molecular complexity index is 396. The molecule has 0 aromatic carbocycles. The monoisotopic (exact) mass is 243 g/mol. The molecule has 0 bridgehead atoms. The summed E-state index contributed by atoms with van der Waals surface area (Å²) in [6.07, 6.45) is 2.11. The summed E-state index contributed by atoms with van der Waals surface area (Å²) in [5.41, 5.74) is 6.14. The van der Waals surface area contributed by atoms with Crippen LogP contribution in [0.2, 0.25) is 5.02 Å². The van der Waals surface area contributed by atoms with Crippen molar-refractivity contribution >= 4 is 17.3 Å². The third-order valence-corrected chi connectivity index (χ3v) is 2.69. The molecule has 16 heavy (non-hydrogen) atoms. The van der Waals surface area contributed by atoms with Crippen LogP contribution in [0.1, 0.15) is 31.9 Å². The lowest BCUT2D eigenvalue weighted by Gasteiger charge is -2.18. The fourth-order valence-electron chi connectivity index (χ4n) is 1.69. The van der Waals surface area contributed by atoms with Gasteiger partial charge in [0.15, 0.2) is 0 Å². The van der Waals surface area contributed by atoms with E-state index in [4.69, 9.17) is 17.3 Å². The Hall–Kier alpha value is -1.20. The first-order chi connectivity index (χ1) is 7.47. The van der Waals surface area contributed by atoms with Crippen molar-refractivity contribution in [1.82, 2.24) is 4.98 Å². The lowest BCUT2D eigenvalue weighted by Crippen LogP contribution is -2.25. The number of nitrogens with zero attached hydrogens (tertiary/aromatic N) is 2. The molecular formula is C10H14ClN3O2. The Morgan fingerprint density at radius 2 is 2.31 bits per heavy atom. The normalized spacial score (nSPS) is 14.5. The van der Waals surface area contributed by atoms with Gasteiger partial charge in [-0.15, -0.1) is 0 Å². The Morgan fingerprint density at radius 3 is 2.75 bits per heavy atom. The van der Waals surface area contributed by atoms with Crippen LogP contribution in [0.25, 0.3) is 0 Å². The molecule has 0 aliphatic carbocycles. The van der Waals surface area contributed by atoms with Crippen LogP contribution in [-0.2, 0) is 0 Å². The van der Waals surface area contributed by atoms with Gasteiger partial charge in [-0.3, -0.25) is 15.1 Å². The van der Waals surface area contributed by atoms with Crippen LogP contribution in [0.5, 0.6) is 0 Å². The van der Waals surface area contributed by atoms with Gasteiger partial charge in [-0.2, -0.15) is 0 Å². The van der Waals surface area contributed by atoms with E-state index in [2.05, 4.69) is 4.98 Å². The van der Waals surface area contributed by atoms with Gasteiger partial charge in [0, 0.05) is 24.2 Å². The number of nitro groups is 1. The zero-order chi connectivity index (χ0) is 12.3. The molecule has 5 nitrogen and oxygen atoms in total. The highest BCUT2D eigenvalue weighted by atomic mass is 35.5. The molecule has 6 heteroatoms. The third-order valence-electron chi connectivity index (χ3n) is 2.49. The van der Waals surface area contributed by atoms with Gasteiger partial charge < -0.3 is 5.73 Å². The van der Waals surface area contributed by atoms with Crippen molar-refractivity contribution in [3.63, 3.8) is 0 Å². The number of hydrogen-bond donors (Lipinski definition) is 1. The van der Waals surface area contributed by atoms with Crippen molar-refractivity contribution < 1.29 is 4.92 Å². The molecule has 1 aromatic rings. The maximum atomic E-state index is 10.9. The molecular weight excluding hydrogens is 230 g/mol. The van der Waals surface area contributed by atoms with Gasteiger partial charge in [-0.05, 0) is 13.3 Å². The smallest absolute Gasteiger partial charge is 0.292 e. The molecule has 1 heterocycles. The molecule has 1 rings (SSSR count). The molecule has 0 radical (unpaired) electrons. The first kappa shape index (κ1) is 12.9. The van der Waals surface area contributed by atoms with Crippen LogP contribution in [0.15, 0.2) is 12.3 Å². The van der Waals surface area contributed by atoms with Crippen LogP contribution in [0, 0.1) is 10.1 Å². The van der Waals surface area contributed by atoms with Gasteiger partial charge in [-0.1, -0.05) is 18.5 Å². The van der Waals surface area contributed by atoms with E-state index in [1.54, 1.807) is 0 Å². The standard InChI is InChI=1S/C10H14ClN3O2/c1-3-8(6(2)12)10-9(14(15)16)4-7(11)5-13-10/h4-6,8H,3,12H2,1-2H3. The molecule has 88 valence electrons. The average Bonchev–Trinajstić information content (AvgIpc) is 2.20. The number of pyridine rings is 1. The van der Waals surface area contributed by atoms with E-state index in [1.165, 1.54) is 12.3 Å². The summed E-state index contributed by atoms with van der Waals surface area (Å²) in [7, 11) is 0. The molecule has 0 saturated heterocycles. The van der Waals surface area contributed by atoms with E-state index in [1.807, 2.05) is 13.8 Å². The highest BCUT2D eigenvalue weighted by molar-refractivity contribution is 6.30. The third kappa shape index (κ3) is 2.68. The molecule has 1 aromatic heterocycles. The SMILES string of the molecule is CCC(c1ncc(Cl)cc1[N+](=O)[O-])C(C)N. The molecule has 0 spiro atoms. The van der Waals surface area contributed by atoms with Crippen molar-refractivity contribution in [2.75, 3.05) is 0 Å². The fourth-order valence-corrected chi connectivity index (χ4v) is 1.84. The Labute approximate surface area is 98.8 Å². The summed E-state index contributed by atoms with van der Waals surface area (Å²) < 4.78 is 0. The van der Waals surface area contributed by atoms with E-state index in [-0.39, 0.29) is 22.7 Å². The minimum atomic E-state index is -0.473. The van der Waals surface area contributed by atoms with E-state index >= 15 is 0 Å². The zero-order valence-electron chi connectivity index (χ0n) is 9.18. The average molecular weight is 244 g/mol. The summed E-state index contributed by atoms with van der Waals surface area (Å²) in [4.78, 5) is 14.4. The van der Waals surface area contributed by atoms with E-state index in [0.717, 1.165) is 0 Å². The van der Waals surface area contributed by atoms with Crippen LogP contribution in [0.4, 0.5) is 5.69 Å². The molecule has 0 amide bonds. The molecule has 2 unspecified atom stereocenters. The van der Waals surface area contributed by atoms with Crippen LogP contribution < -0.4 is 5.73 Å².